The van der Waals surface area contributed by atoms with Crippen molar-refractivity contribution >= 4 is 22.4 Å². The maximum absolute atomic E-state index is 11.7. The number of hydrogen-bond donors (Lipinski definition) is 0. The lowest BCUT2D eigenvalue weighted by atomic mass is 10.1. The highest BCUT2D eigenvalue weighted by Gasteiger charge is 2.22. The van der Waals surface area contributed by atoms with Gasteiger partial charge in [-0.2, -0.15) is 0 Å². The Morgan fingerprint density at radius 2 is 2.29 bits per heavy atom. The van der Waals surface area contributed by atoms with Crippen LogP contribution in [-0.2, 0) is 10.8 Å². The molecule has 0 aromatic carbocycles. The van der Waals surface area contributed by atoms with E-state index in [1.54, 1.807) is 12.3 Å². The van der Waals surface area contributed by atoms with E-state index in [2.05, 4.69) is 4.98 Å². The molecule has 0 amide bonds. The van der Waals surface area contributed by atoms with Gasteiger partial charge in [0.25, 0.3) is 0 Å². The second-order valence-electron chi connectivity index (χ2n) is 3.48. The summed E-state index contributed by atoms with van der Waals surface area (Å²) in [5.41, 5.74) is 1.06. The van der Waals surface area contributed by atoms with E-state index in [1.807, 2.05) is 6.07 Å². The van der Waals surface area contributed by atoms with Gasteiger partial charge in [0.2, 0.25) is 0 Å². The zero-order valence-corrected chi connectivity index (χ0v) is 9.35. The van der Waals surface area contributed by atoms with Crippen molar-refractivity contribution < 1.29 is 4.21 Å². The first-order valence-corrected chi connectivity index (χ1v) is 6.52. The van der Waals surface area contributed by atoms with Gasteiger partial charge in [-0.1, -0.05) is 24.1 Å². The lowest BCUT2D eigenvalue weighted by Gasteiger charge is -2.21. The van der Waals surface area contributed by atoms with E-state index < -0.39 is 10.8 Å². The minimum Gasteiger partial charge on any atom is -0.259 e. The highest BCUT2D eigenvalue weighted by Crippen LogP contribution is 2.30. The van der Waals surface area contributed by atoms with Crippen molar-refractivity contribution in [3.8, 4) is 0 Å². The molecule has 76 valence electrons. The maximum atomic E-state index is 11.7. The van der Waals surface area contributed by atoms with Gasteiger partial charge in [-0.15, -0.1) is 0 Å². The quantitative estimate of drug-likeness (QED) is 0.694. The number of nitrogens with zero attached hydrogens (tertiary/aromatic N) is 1. The highest BCUT2D eigenvalue weighted by atomic mass is 35.5. The van der Waals surface area contributed by atoms with Crippen LogP contribution in [0.25, 0.3) is 0 Å². The summed E-state index contributed by atoms with van der Waals surface area (Å²) in [5, 5.41) is 0.670. The van der Waals surface area contributed by atoms with Gasteiger partial charge in [0.05, 0.1) is 5.25 Å². The Bertz CT molecular complexity index is 338. The fourth-order valence-electron chi connectivity index (χ4n) is 1.74. The summed E-state index contributed by atoms with van der Waals surface area (Å²) >= 11 is 5.70. The van der Waals surface area contributed by atoms with E-state index >= 15 is 0 Å². The monoisotopic (exact) mass is 229 g/mol. The van der Waals surface area contributed by atoms with Gasteiger partial charge in [0.15, 0.2) is 0 Å². The summed E-state index contributed by atoms with van der Waals surface area (Å²) < 4.78 is 11.7. The Morgan fingerprint density at radius 1 is 1.43 bits per heavy atom. The molecule has 2 rings (SSSR count). The molecule has 4 heteroatoms. The highest BCUT2D eigenvalue weighted by molar-refractivity contribution is 7.85. The first-order valence-electron chi connectivity index (χ1n) is 4.76. The first-order chi connectivity index (χ1) is 6.77. The van der Waals surface area contributed by atoms with E-state index in [0.29, 0.717) is 5.15 Å². The Morgan fingerprint density at radius 3 is 2.93 bits per heavy atom. The number of hydrogen-bond acceptors (Lipinski definition) is 2. The SMILES string of the molecule is O=S1CCCCC1c1ccc(Cl)nc1. The molecule has 1 aliphatic rings. The lowest BCUT2D eigenvalue weighted by Crippen LogP contribution is -2.15. The van der Waals surface area contributed by atoms with Gasteiger partial charge in [0.1, 0.15) is 5.15 Å². The zero-order valence-electron chi connectivity index (χ0n) is 7.78. The van der Waals surface area contributed by atoms with Crippen LogP contribution in [0.3, 0.4) is 0 Å². The number of pyridine rings is 1. The molecule has 1 saturated heterocycles. The van der Waals surface area contributed by atoms with Crippen LogP contribution in [-0.4, -0.2) is 14.9 Å². The molecule has 2 heterocycles. The molecule has 0 bridgehead atoms. The van der Waals surface area contributed by atoms with Crippen LogP contribution in [0.5, 0.6) is 0 Å². The third-order valence-electron chi connectivity index (χ3n) is 2.50. The summed E-state index contributed by atoms with van der Waals surface area (Å²) in [6, 6.07) is 3.70. The summed E-state index contributed by atoms with van der Waals surface area (Å²) in [7, 11) is -0.719. The molecular formula is C10H12ClNOS. The van der Waals surface area contributed by atoms with Crippen molar-refractivity contribution in [1.29, 1.82) is 0 Å². The average molecular weight is 230 g/mol. The zero-order chi connectivity index (χ0) is 9.97. The van der Waals surface area contributed by atoms with E-state index in [9.17, 15) is 4.21 Å². The van der Waals surface area contributed by atoms with Crippen molar-refractivity contribution in [2.75, 3.05) is 5.75 Å². The summed E-state index contributed by atoms with van der Waals surface area (Å²) in [6.07, 6.45) is 5.01. The molecule has 1 aliphatic heterocycles. The van der Waals surface area contributed by atoms with E-state index in [0.717, 1.165) is 24.2 Å². The summed E-state index contributed by atoms with van der Waals surface area (Å²) in [4.78, 5) is 4.02. The van der Waals surface area contributed by atoms with E-state index in [-0.39, 0.29) is 5.25 Å². The minimum absolute atomic E-state index is 0.175. The van der Waals surface area contributed by atoms with Crippen LogP contribution in [0.1, 0.15) is 30.1 Å². The molecule has 2 unspecified atom stereocenters. The van der Waals surface area contributed by atoms with Gasteiger partial charge in [-0.05, 0) is 24.5 Å². The van der Waals surface area contributed by atoms with Crippen molar-refractivity contribution in [1.82, 2.24) is 4.98 Å². The predicted molar refractivity (Wildman–Crippen MR) is 58.8 cm³/mol. The van der Waals surface area contributed by atoms with Crippen molar-refractivity contribution in [2.45, 2.75) is 24.5 Å². The standard InChI is InChI=1S/C10H12ClNOS/c11-10-5-4-8(7-12-10)9-3-1-2-6-14(9)13/h4-5,7,9H,1-3,6H2. The minimum atomic E-state index is -0.719. The topological polar surface area (TPSA) is 30.0 Å². The number of rotatable bonds is 1. The van der Waals surface area contributed by atoms with Gasteiger partial charge >= 0.3 is 0 Å². The lowest BCUT2D eigenvalue weighted by molar-refractivity contribution is 0.618. The second kappa shape index (κ2) is 4.41. The van der Waals surface area contributed by atoms with Crippen LogP contribution >= 0.6 is 11.6 Å². The van der Waals surface area contributed by atoms with Crippen LogP contribution < -0.4 is 0 Å². The van der Waals surface area contributed by atoms with E-state index in [1.165, 1.54) is 6.42 Å². The molecule has 0 saturated carbocycles. The number of halogens is 1. The Hall–Kier alpha value is -0.410. The third kappa shape index (κ3) is 2.15. The molecule has 2 atom stereocenters. The summed E-state index contributed by atoms with van der Waals surface area (Å²) in [6.45, 7) is 0. The average Bonchev–Trinajstić information content (AvgIpc) is 2.20. The van der Waals surface area contributed by atoms with E-state index in [4.69, 9.17) is 11.6 Å². The van der Waals surface area contributed by atoms with Crippen LogP contribution in [0.15, 0.2) is 18.3 Å². The molecule has 2 nitrogen and oxygen atoms in total. The Balaban J connectivity index is 2.20. The molecule has 0 spiro atoms. The van der Waals surface area contributed by atoms with Crippen LogP contribution in [0.4, 0.5) is 0 Å². The molecule has 14 heavy (non-hydrogen) atoms. The third-order valence-corrected chi connectivity index (χ3v) is 4.56. The Labute approximate surface area is 91.1 Å². The fourth-order valence-corrected chi connectivity index (χ4v) is 3.50. The molecule has 1 fully saturated rings. The van der Waals surface area contributed by atoms with Gasteiger partial charge in [-0.3, -0.25) is 4.21 Å². The van der Waals surface area contributed by atoms with Crippen LogP contribution in [0, 0.1) is 0 Å². The Kier molecular flexibility index (Phi) is 3.19. The van der Waals surface area contributed by atoms with Gasteiger partial charge in [0, 0.05) is 22.7 Å². The molecule has 1 aromatic rings. The first kappa shape index (κ1) is 10.1. The largest absolute Gasteiger partial charge is 0.259 e. The van der Waals surface area contributed by atoms with Crippen molar-refractivity contribution in [2.24, 2.45) is 0 Å². The van der Waals surface area contributed by atoms with Gasteiger partial charge < -0.3 is 0 Å². The molecular weight excluding hydrogens is 218 g/mol. The molecule has 1 aromatic heterocycles. The fraction of sp³-hybridized carbons (Fsp3) is 0.500. The van der Waals surface area contributed by atoms with Gasteiger partial charge in [-0.25, -0.2) is 4.98 Å². The predicted octanol–water partition coefficient (Wildman–Crippen LogP) is 2.71. The van der Waals surface area contributed by atoms with Crippen LogP contribution in [0.2, 0.25) is 5.15 Å². The molecule has 0 aliphatic carbocycles. The normalized spacial score (nSPS) is 27.5. The van der Waals surface area contributed by atoms with Crippen molar-refractivity contribution in [3.63, 3.8) is 0 Å². The summed E-state index contributed by atoms with van der Waals surface area (Å²) in [5.74, 6) is 0.827. The second-order valence-corrected chi connectivity index (χ2v) is 5.61. The smallest absolute Gasteiger partial charge is 0.129 e. The van der Waals surface area contributed by atoms with Crippen molar-refractivity contribution in [3.05, 3.63) is 29.0 Å². The molecule has 0 radical (unpaired) electrons. The maximum Gasteiger partial charge on any atom is 0.129 e. The molecule has 0 N–H and O–H groups in total. The number of aromatic nitrogens is 1.